The van der Waals surface area contributed by atoms with E-state index in [9.17, 15) is 4.79 Å². The van der Waals surface area contributed by atoms with Crippen molar-refractivity contribution in [1.29, 1.82) is 0 Å². The number of aryl methyl sites for hydroxylation is 1. The van der Waals surface area contributed by atoms with Gasteiger partial charge < -0.3 is 9.47 Å². The minimum atomic E-state index is -0.311. The predicted octanol–water partition coefficient (Wildman–Crippen LogP) is 3.31. The largest absolute Gasteiger partial charge is 0.491 e. The summed E-state index contributed by atoms with van der Waals surface area (Å²) in [6, 6.07) is 15.0. The van der Waals surface area contributed by atoms with Gasteiger partial charge in [0.25, 0.3) is 5.91 Å². The quantitative estimate of drug-likeness (QED) is 0.627. The number of hydrogen-bond acceptors (Lipinski definition) is 4. The van der Waals surface area contributed by atoms with Crippen LogP contribution in [0.1, 0.15) is 25.0 Å². The Morgan fingerprint density at radius 1 is 1.17 bits per heavy atom. The number of amides is 1. The lowest BCUT2D eigenvalue weighted by Crippen LogP contribution is -2.24. The van der Waals surface area contributed by atoms with E-state index in [1.165, 1.54) is 0 Å². The molecule has 0 bridgehead atoms. The fraction of sp³-hybridized carbons (Fsp3) is 0.263. The predicted molar refractivity (Wildman–Crippen MR) is 94.6 cm³/mol. The van der Waals surface area contributed by atoms with E-state index in [0.717, 1.165) is 16.9 Å². The maximum Gasteiger partial charge on any atom is 0.277 e. The van der Waals surface area contributed by atoms with Crippen molar-refractivity contribution >= 4 is 12.1 Å². The van der Waals surface area contributed by atoms with Crippen molar-refractivity contribution in [1.82, 2.24) is 5.43 Å². The smallest absolute Gasteiger partial charge is 0.277 e. The number of para-hydroxylation sites is 1. The molecule has 0 aromatic heterocycles. The second kappa shape index (κ2) is 8.72. The van der Waals surface area contributed by atoms with E-state index >= 15 is 0 Å². The summed E-state index contributed by atoms with van der Waals surface area (Å²) in [4.78, 5) is 11.7. The van der Waals surface area contributed by atoms with Gasteiger partial charge in [-0.15, -0.1) is 0 Å². The van der Waals surface area contributed by atoms with Gasteiger partial charge in [0.1, 0.15) is 11.5 Å². The van der Waals surface area contributed by atoms with E-state index in [4.69, 9.17) is 9.47 Å². The van der Waals surface area contributed by atoms with Crippen LogP contribution in [0.4, 0.5) is 0 Å². The Morgan fingerprint density at radius 3 is 2.54 bits per heavy atom. The highest BCUT2D eigenvalue weighted by molar-refractivity contribution is 5.83. The number of nitrogens with one attached hydrogen (secondary N) is 1. The first-order chi connectivity index (χ1) is 11.5. The van der Waals surface area contributed by atoms with Crippen LogP contribution in [0, 0.1) is 6.92 Å². The van der Waals surface area contributed by atoms with Gasteiger partial charge in [0, 0.05) is 0 Å². The van der Waals surface area contributed by atoms with E-state index in [0.29, 0.717) is 5.75 Å². The summed E-state index contributed by atoms with van der Waals surface area (Å²) < 4.78 is 11.0. The molecule has 0 saturated carbocycles. The topological polar surface area (TPSA) is 59.9 Å². The Bertz CT molecular complexity index is 694. The van der Waals surface area contributed by atoms with Gasteiger partial charge in [-0.25, -0.2) is 5.43 Å². The molecule has 1 amide bonds. The zero-order chi connectivity index (χ0) is 17.4. The molecule has 0 radical (unpaired) electrons. The number of hydrogen-bond donors (Lipinski definition) is 1. The fourth-order valence-electron chi connectivity index (χ4n) is 1.98. The number of ether oxygens (including phenoxy) is 2. The average Bonchev–Trinajstić information content (AvgIpc) is 2.55. The summed E-state index contributed by atoms with van der Waals surface area (Å²) in [7, 11) is 0. The summed E-state index contributed by atoms with van der Waals surface area (Å²) in [5.74, 6) is 1.18. The third-order valence-corrected chi connectivity index (χ3v) is 3.11. The van der Waals surface area contributed by atoms with E-state index in [2.05, 4.69) is 10.5 Å². The molecule has 5 heteroatoms. The molecule has 5 nitrogen and oxygen atoms in total. The van der Waals surface area contributed by atoms with Gasteiger partial charge in [-0.2, -0.15) is 5.10 Å². The van der Waals surface area contributed by atoms with Crippen molar-refractivity contribution in [3.05, 3.63) is 59.7 Å². The van der Waals surface area contributed by atoms with Crippen LogP contribution in [0.25, 0.3) is 0 Å². The van der Waals surface area contributed by atoms with Crippen molar-refractivity contribution in [2.45, 2.75) is 26.9 Å². The molecule has 126 valence electrons. The first-order valence-electron chi connectivity index (χ1n) is 7.81. The highest BCUT2D eigenvalue weighted by Crippen LogP contribution is 2.15. The Hall–Kier alpha value is -2.82. The molecule has 0 aliphatic heterocycles. The molecule has 0 saturated heterocycles. The first kappa shape index (κ1) is 17.5. The van der Waals surface area contributed by atoms with E-state index in [1.807, 2.05) is 69.3 Å². The summed E-state index contributed by atoms with van der Waals surface area (Å²) in [5, 5.41) is 3.92. The summed E-state index contributed by atoms with van der Waals surface area (Å²) in [6.07, 6.45) is 1.71. The van der Waals surface area contributed by atoms with Crippen LogP contribution >= 0.6 is 0 Å². The molecule has 0 atom stereocenters. The Morgan fingerprint density at radius 2 is 1.88 bits per heavy atom. The number of benzene rings is 2. The van der Waals surface area contributed by atoms with Crippen LogP contribution in [0.2, 0.25) is 0 Å². The lowest BCUT2D eigenvalue weighted by molar-refractivity contribution is -0.123. The molecule has 1 N–H and O–H groups in total. The van der Waals surface area contributed by atoms with Crippen molar-refractivity contribution in [2.75, 3.05) is 6.61 Å². The van der Waals surface area contributed by atoms with E-state index in [1.54, 1.807) is 6.21 Å². The molecule has 0 fully saturated rings. The molecule has 2 rings (SSSR count). The maximum atomic E-state index is 11.7. The van der Waals surface area contributed by atoms with Crippen LogP contribution in [0.5, 0.6) is 11.5 Å². The average molecular weight is 326 g/mol. The standard InChI is InChI=1S/C19H22N2O3/c1-14(2)24-17-10-8-16(9-11-17)12-20-21-19(22)13-23-18-7-5-4-6-15(18)3/h4-12,14H,13H2,1-3H3,(H,21,22)/b20-12-. The summed E-state index contributed by atoms with van der Waals surface area (Å²) in [6.45, 7) is 5.80. The minimum Gasteiger partial charge on any atom is -0.491 e. The summed E-state index contributed by atoms with van der Waals surface area (Å²) in [5.41, 5.74) is 4.29. The van der Waals surface area contributed by atoms with Gasteiger partial charge >= 0.3 is 0 Å². The lowest BCUT2D eigenvalue weighted by Gasteiger charge is -2.09. The number of hydrazone groups is 1. The van der Waals surface area contributed by atoms with Crippen LogP contribution in [-0.2, 0) is 4.79 Å². The summed E-state index contributed by atoms with van der Waals surface area (Å²) >= 11 is 0. The third-order valence-electron chi connectivity index (χ3n) is 3.11. The fourth-order valence-corrected chi connectivity index (χ4v) is 1.98. The molecular weight excluding hydrogens is 304 g/mol. The van der Waals surface area contributed by atoms with Gasteiger partial charge in [-0.3, -0.25) is 4.79 Å². The van der Waals surface area contributed by atoms with Gasteiger partial charge in [-0.05, 0) is 62.2 Å². The minimum absolute atomic E-state index is 0.0800. The van der Waals surface area contributed by atoms with Crippen molar-refractivity contribution in [3.8, 4) is 11.5 Å². The molecule has 0 spiro atoms. The first-order valence-corrected chi connectivity index (χ1v) is 7.81. The van der Waals surface area contributed by atoms with Crippen LogP contribution < -0.4 is 14.9 Å². The van der Waals surface area contributed by atoms with Gasteiger partial charge in [0.2, 0.25) is 0 Å². The maximum absolute atomic E-state index is 11.7. The van der Waals surface area contributed by atoms with Crippen LogP contribution in [0.3, 0.4) is 0 Å². The molecule has 2 aromatic rings. The molecule has 2 aromatic carbocycles. The Labute approximate surface area is 142 Å². The Balaban J connectivity index is 1.78. The zero-order valence-electron chi connectivity index (χ0n) is 14.2. The third kappa shape index (κ3) is 5.76. The van der Waals surface area contributed by atoms with Crippen molar-refractivity contribution < 1.29 is 14.3 Å². The van der Waals surface area contributed by atoms with Gasteiger partial charge in [-0.1, -0.05) is 18.2 Å². The zero-order valence-corrected chi connectivity index (χ0v) is 14.2. The molecule has 0 unspecified atom stereocenters. The number of carbonyl (C=O) groups is 1. The number of carbonyl (C=O) groups excluding carboxylic acids is 1. The second-order valence-corrected chi connectivity index (χ2v) is 5.58. The second-order valence-electron chi connectivity index (χ2n) is 5.58. The van der Waals surface area contributed by atoms with E-state index in [-0.39, 0.29) is 18.6 Å². The molecule has 0 heterocycles. The normalized spacial score (nSPS) is 10.8. The van der Waals surface area contributed by atoms with Crippen molar-refractivity contribution in [3.63, 3.8) is 0 Å². The molecular formula is C19H22N2O3. The molecule has 0 aliphatic rings. The lowest BCUT2D eigenvalue weighted by atomic mass is 10.2. The SMILES string of the molecule is Cc1ccccc1OCC(=O)N/N=C\c1ccc(OC(C)C)cc1. The van der Waals surface area contributed by atoms with Crippen LogP contribution in [-0.4, -0.2) is 24.8 Å². The monoisotopic (exact) mass is 326 g/mol. The highest BCUT2D eigenvalue weighted by Gasteiger charge is 2.03. The molecule has 24 heavy (non-hydrogen) atoms. The molecule has 0 aliphatic carbocycles. The van der Waals surface area contributed by atoms with E-state index < -0.39 is 0 Å². The van der Waals surface area contributed by atoms with Crippen LogP contribution in [0.15, 0.2) is 53.6 Å². The van der Waals surface area contributed by atoms with Crippen molar-refractivity contribution in [2.24, 2.45) is 5.10 Å². The van der Waals surface area contributed by atoms with Gasteiger partial charge in [0.15, 0.2) is 6.61 Å². The highest BCUT2D eigenvalue weighted by atomic mass is 16.5. The number of rotatable bonds is 7. The number of nitrogens with zero attached hydrogens (tertiary/aromatic N) is 1. The van der Waals surface area contributed by atoms with Gasteiger partial charge in [0.05, 0.1) is 12.3 Å². The Kier molecular flexibility index (Phi) is 6.37.